The first kappa shape index (κ1) is 6.47. The molecule has 10 heavy (non-hydrogen) atoms. The van der Waals surface area contributed by atoms with Crippen molar-refractivity contribution in [1.82, 2.24) is 9.97 Å². The number of carbonyl (C=O) groups is 1. The van der Waals surface area contributed by atoms with Gasteiger partial charge < -0.3 is 10.4 Å². The molecule has 1 aromatic rings. The van der Waals surface area contributed by atoms with Gasteiger partial charge in [-0.1, -0.05) is 0 Å². The lowest BCUT2D eigenvalue weighted by Crippen LogP contribution is -1.94. The Hall–Kier alpha value is -1.65. The van der Waals surface area contributed by atoms with Crippen LogP contribution in [0.3, 0.4) is 0 Å². The first-order chi connectivity index (χ1) is 4.83. The van der Waals surface area contributed by atoms with Gasteiger partial charge in [-0.15, -0.1) is 0 Å². The Morgan fingerprint density at radius 1 is 1.50 bits per heavy atom. The molecule has 5 nitrogen and oxygen atoms in total. The number of anilines is 1. The van der Waals surface area contributed by atoms with Crippen LogP contribution < -0.4 is 5.32 Å². The summed E-state index contributed by atoms with van der Waals surface area (Å²) >= 11 is 0. The van der Waals surface area contributed by atoms with Crippen molar-refractivity contribution in [3.8, 4) is 6.01 Å². The van der Waals surface area contributed by atoms with Crippen molar-refractivity contribution in [2.24, 2.45) is 0 Å². The van der Waals surface area contributed by atoms with Gasteiger partial charge in [0.25, 0.3) is 0 Å². The van der Waals surface area contributed by atoms with Crippen molar-refractivity contribution < 1.29 is 9.90 Å². The van der Waals surface area contributed by atoms with E-state index in [0.29, 0.717) is 12.1 Å². The fourth-order valence-electron chi connectivity index (χ4n) is 0.464. The zero-order chi connectivity index (χ0) is 7.40. The SMILES string of the molecule is O=CNc1cnc(O)nc1. The summed E-state index contributed by atoms with van der Waals surface area (Å²) in [5.74, 6) is 0. The maximum absolute atomic E-state index is 9.83. The second-order valence-corrected chi connectivity index (χ2v) is 1.53. The van der Waals surface area contributed by atoms with Crippen LogP contribution in [0.2, 0.25) is 0 Å². The minimum absolute atomic E-state index is 0.309. The second-order valence-electron chi connectivity index (χ2n) is 1.53. The van der Waals surface area contributed by atoms with Gasteiger partial charge in [0, 0.05) is 0 Å². The predicted octanol–water partition coefficient (Wildman–Crippen LogP) is -0.250. The number of aromatic nitrogens is 2. The first-order valence-corrected chi connectivity index (χ1v) is 2.54. The molecule has 0 bridgehead atoms. The van der Waals surface area contributed by atoms with Gasteiger partial charge in [-0.05, 0) is 0 Å². The number of hydrogen-bond donors (Lipinski definition) is 2. The molecule has 1 heterocycles. The van der Waals surface area contributed by atoms with Crippen molar-refractivity contribution >= 4 is 12.1 Å². The highest BCUT2D eigenvalue weighted by atomic mass is 16.3. The summed E-state index contributed by atoms with van der Waals surface area (Å²) in [5, 5.41) is 10.9. The third kappa shape index (κ3) is 1.41. The molecule has 1 amide bonds. The Balaban J connectivity index is 2.78. The highest BCUT2D eigenvalue weighted by Gasteiger charge is 1.90. The summed E-state index contributed by atoms with van der Waals surface area (Å²) in [7, 11) is 0. The molecule has 0 aliphatic heterocycles. The molecule has 0 saturated carbocycles. The number of nitrogens with one attached hydrogen (secondary N) is 1. The van der Waals surface area contributed by atoms with Crippen molar-refractivity contribution in [2.75, 3.05) is 5.32 Å². The number of aromatic hydroxyl groups is 1. The monoisotopic (exact) mass is 139 g/mol. The van der Waals surface area contributed by atoms with E-state index in [-0.39, 0.29) is 6.01 Å². The van der Waals surface area contributed by atoms with Gasteiger partial charge in [-0.2, -0.15) is 0 Å². The zero-order valence-electron chi connectivity index (χ0n) is 4.98. The quantitative estimate of drug-likeness (QED) is 0.554. The summed E-state index contributed by atoms with van der Waals surface area (Å²) in [6.07, 6.45) is 3.11. The minimum Gasteiger partial charge on any atom is -0.479 e. The van der Waals surface area contributed by atoms with Crippen molar-refractivity contribution in [2.45, 2.75) is 0 Å². The maximum atomic E-state index is 9.83. The largest absolute Gasteiger partial charge is 0.479 e. The number of carbonyl (C=O) groups excluding carboxylic acids is 1. The number of nitrogens with zero attached hydrogens (tertiary/aromatic N) is 2. The van der Waals surface area contributed by atoms with E-state index in [1.54, 1.807) is 0 Å². The Kier molecular flexibility index (Phi) is 1.79. The summed E-state index contributed by atoms with van der Waals surface area (Å²) in [6.45, 7) is 0. The minimum atomic E-state index is -0.309. The fraction of sp³-hybridized carbons (Fsp3) is 0. The molecule has 0 saturated heterocycles. The van der Waals surface area contributed by atoms with Crippen LogP contribution in [0.25, 0.3) is 0 Å². The maximum Gasteiger partial charge on any atom is 0.313 e. The average molecular weight is 139 g/mol. The van der Waals surface area contributed by atoms with E-state index in [2.05, 4.69) is 15.3 Å². The van der Waals surface area contributed by atoms with Gasteiger partial charge in [0.2, 0.25) is 6.41 Å². The summed E-state index contributed by atoms with van der Waals surface area (Å²) < 4.78 is 0. The second kappa shape index (κ2) is 2.77. The topological polar surface area (TPSA) is 75.1 Å². The molecule has 1 aromatic heterocycles. The van der Waals surface area contributed by atoms with Gasteiger partial charge in [0.05, 0.1) is 18.1 Å². The fourth-order valence-corrected chi connectivity index (χ4v) is 0.464. The van der Waals surface area contributed by atoms with E-state index < -0.39 is 0 Å². The Morgan fingerprint density at radius 3 is 2.60 bits per heavy atom. The standard InChI is InChI=1S/C5H5N3O2/c9-3-8-4-1-6-5(10)7-2-4/h1-3H,(H,8,9)(H,6,7,10). The molecule has 0 unspecified atom stereocenters. The molecule has 0 fully saturated rings. The van der Waals surface area contributed by atoms with Crippen LogP contribution in [0.15, 0.2) is 12.4 Å². The van der Waals surface area contributed by atoms with E-state index in [1.807, 2.05) is 0 Å². The first-order valence-electron chi connectivity index (χ1n) is 2.54. The Bertz CT molecular complexity index is 221. The van der Waals surface area contributed by atoms with Crippen LogP contribution in [0, 0.1) is 0 Å². The molecule has 1 rings (SSSR count). The highest BCUT2D eigenvalue weighted by molar-refractivity contribution is 5.69. The van der Waals surface area contributed by atoms with Gasteiger partial charge in [-0.3, -0.25) is 4.79 Å². The lowest BCUT2D eigenvalue weighted by atomic mass is 10.5. The Labute approximate surface area is 56.7 Å². The Morgan fingerprint density at radius 2 is 2.10 bits per heavy atom. The van der Waals surface area contributed by atoms with Crippen LogP contribution in [0.1, 0.15) is 0 Å². The number of amides is 1. The average Bonchev–Trinajstić information content (AvgIpc) is 1.95. The molecule has 0 spiro atoms. The van der Waals surface area contributed by atoms with Crippen LogP contribution >= 0.6 is 0 Å². The van der Waals surface area contributed by atoms with Gasteiger partial charge >= 0.3 is 6.01 Å². The highest BCUT2D eigenvalue weighted by Crippen LogP contribution is 2.03. The zero-order valence-corrected chi connectivity index (χ0v) is 4.98. The van der Waals surface area contributed by atoms with Crippen LogP contribution in [-0.4, -0.2) is 21.5 Å². The lowest BCUT2D eigenvalue weighted by Gasteiger charge is -1.93. The van der Waals surface area contributed by atoms with Gasteiger partial charge in [0.15, 0.2) is 0 Å². The number of hydrogen-bond acceptors (Lipinski definition) is 4. The molecule has 0 radical (unpaired) electrons. The summed E-state index contributed by atoms with van der Waals surface area (Å²) in [5.41, 5.74) is 0.452. The molecule has 0 aromatic carbocycles. The summed E-state index contributed by atoms with van der Waals surface area (Å²) in [4.78, 5) is 16.7. The van der Waals surface area contributed by atoms with E-state index in [4.69, 9.17) is 5.11 Å². The third-order valence-electron chi connectivity index (χ3n) is 0.864. The van der Waals surface area contributed by atoms with Crippen molar-refractivity contribution in [1.29, 1.82) is 0 Å². The van der Waals surface area contributed by atoms with Crippen molar-refractivity contribution in [3.63, 3.8) is 0 Å². The molecular weight excluding hydrogens is 134 g/mol. The van der Waals surface area contributed by atoms with E-state index in [1.165, 1.54) is 12.4 Å². The molecule has 0 aliphatic carbocycles. The molecule has 5 heteroatoms. The summed E-state index contributed by atoms with van der Waals surface area (Å²) in [6, 6.07) is -0.309. The van der Waals surface area contributed by atoms with Crippen LogP contribution in [0.5, 0.6) is 6.01 Å². The molecular formula is C5H5N3O2. The normalized spacial score (nSPS) is 8.80. The van der Waals surface area contributed by atoms with Crippen molar-refractivity contribution in [3.05, 3.63) is 12.4 Å². The van der Waals surface area contributed by atoms with E-state index >= 15 is 0 Å². The van der Waals surface area contributed by atoms with Gasteiger partial charge in [-0.25, -0.2) is 9.97 Å². The van der Waals surface area contributed by atoms with Crippen LogP contribution in [0.4, 0.5) is 5.69 Å². The van der Waals surface area contributed by atoms with E-state index in [9.17, 15) is 4.79 Å². The van der Waals surface area contributed by atoms with Crippen LogP contribution in [-0.2, 0) is 4.79 Å². The van der Waals surface area contributed by atoms with Gasteiger partial charge in [0.1, 0.15) is 0 Å². The lowest BCUT2D eigenvalue weighted by molar-refractivity contribution is -0.105. The predicted molar refractivity (Wildman–Crippen MR) is 33.4 cm³/mol. The third-order valence-corrected chi connectivity index (χ3v) is 0.864. The smallest absolute Gasteiger partial charge is 0.313 e. The molecule has 0 aliphatic rings. The molecule has 52 valence electrons. The number of rotatable bonds is 2. The van der Waals surface area contributed by atoms with E-state index in [0.717, 1.165) is 0 Å². The molecule has 0 atom stereocenters. The molecule has 2 N–H and O–H groups in total.